The molecule has 6 heterocycles. The molecule has 10 rings (SSSR count). The van der Waals surface area contributed by atoms with Gasteiger partial charge in [0.25, 0.3) is 0 Å². The van der Waals surface area contributed by atoms with Gasteiger partial charge in [0, 0.05) is 36.7 Å². The van der Waals surface area contributed by atoms with Gasteiger partial charge in [-0.2, -0.15) is 54.0 Å². The molecule has 3 amide bonds. The van der Waals surface area contributed by atoms with Crippen LogP contribution < -0.4 is 10.1 Å². The van der Waals surface area contributed by atoms with E-state index in [1.807, 2.05) is 35.8 Å². The molecule has 2 aromatic carbocycles. The standard InChI is InChI=1S/C48H57N7O8.4H2S/c1-27(2)41(53-48(59)63-33-17-18-33)47(58)55-21-6-9-38(55)45-50-36-26-61-39-23-30(14-19-34(39)43(36)52-45)28-10-12-29(13-11-28)42-35-25-60-22-4-3-7-31(24-40(56)62-32-15-16-32)46(57)54-20-5-8-37(54)44(49-35)51-42;;;;/h10-14,19,23,27,31-33,37-38,41H,3-9,15-18,20-22,24-26H2,1-2H3,(H,49,51)(H,50,52)(H,53,59);4*1H2/t31-,37+,38+,41+;;;;/m1..../s1. The van der Waals surface area contributed by atoms with Crippen LogP contribution in [-0.4, -0.2) is 91.6 Å². The Labute approximate surface area is 419 Å². The molecule has 4 atom stereocenters. The molecule has 15 nitrogen and oxygen atoms in total. The fourth-order valence-corrected chi connectivity index (χ4v) is 9.59. The number of H-pyrrole nitrogens is 2. The van der Waals surface area contributed by atoms with Crippen LogP contribution in [0.4, 0.5) is 4.79 Å². The van der Waals surface area contributed by atoms with E-state index in [2.05, 4.69) is 45.6 Å². The SMILES string of the molecule is CC(C)[C@H](NC(=O)OC1CC1)C(=O)N1CCC[C@H]1c1nc2c([nH]1)COc1cc(-c3ccc(-c4nc5[nH]c4COCCCC[C@H](CC(=O)OC4CC4)C(=O)N4CCC[C@@H]54)cc3)ccc1-2.S.S.S.S. The number of amides is 3. The van der Waals surface area contributed by atoms with Crippen LogP contribution in [0.25, 0.3) is 33.6 Å². The summed E-state index contributed by atoms with van der Waals surface area (Å²) < 4.78 is 23.4. The number of hydrogen-bond acceptors (Lipinski definition) is 10. The molecule has 2 aliphatic carbocycles. The minimum atomic E-state index is -0.690. The van der Waals surface area contributed by atoms with Crippen molar-refractivity contribution >= 4 is 77.9 Å². The first-order chi connectivity index (χ1) is 30.7. The molecular formula is C48H65N7O8S4. The Balaban J connectivity index is 0.00000185. The average molecular weight is 996 g/mol. The molecule has 0 spiro atoms. The van der Waals surface area contributed by atoms with E-state index >= 15 is 0 Å². The summed E-state index contributed by atoms with van der Waals surface area (Å²) in [4.78, 5) is 74.2. The first-order valence-corrected chi connectivity index (χ1v) is 23.1. The van der Waals surface area contributed by atoms with Crippen molar-refractivity contribution in [3.8, 4) is 39.4 Å². The maximum atomic E-state index is 14.0. The number of alkyl carbamates (subject to hydrolysis) is 1. The van der Waals surface area contributed by atoms with E-state index in [4.69, 9.17) is 28.9 Å². The van der Waals surface area contributed by atoms with Gasteiger partial charge < -0.3 is 44.0 Å². The minimum Gasteiger partial charge on any atom is -0.487 e. The van der Waals surface area contributed by atoms with E-state index in [0.717, 1.165) is 127 Å². The van der Waals surface area contributed by atoms with Crippen LogP contribution in [0.1, 0.15) is 126 Å². The Morgan fingerprint density at radius 3 is 2.12 bits per heavy atom. The third kappa shape index (κ3) is 11.4. The van der Waals surface area contributed by atoms with Gasteiger partial charge in [-0.3, -0.25) is 14.4 Å². The van der Waals surface area contributed by atoms with Crippen molar-refractivity contribution in [3.63, 3.8) is 0 Å². The maximum absolute atomic E-state index is 14.0. The van der Waals surface area contributed by atoms with E-state index in [-0.39, 0.29) is 108 Å². The number of benzene rings is 2. The second-order valence-electron chi connectivity index (χ2n) is 18.5. The minimum absolute atomic E-state index is 0. The van der Waals surface area contributed by atoms with Crippen molar-refractivity contribution < 1.29 is 38.1 Å². The van der Waals surface area contributed by atoms with Crippen LogP contribution in [0.3, 0.4) is 0 Å². The van der Waals surface area contributed by atoms with E-state index in [0.29, 0.717) is 39.3 Å². The van der Waals surface area contributed by atoms with Gasteiger partial charge >= 0.3 is 12.1 Å². The summed E-state index contributed by atoms with van der Waals surface area (Å²) >= 11 is 0. The number of fused-ring (bicyclic) bond motifs is 7. The van der Waals surface area contributed by atoms with Crippen molar-refractivity contribution in [1.29, 1.82) is 0 Å². The highest BCUT2D eigenvalue weighted by atomic mass is 32.1. The first kappa shape index (κ1) is 52.1. The number of carbonyl (C=O) groups excluding carboxylic acids is 4. The molecule has 2 aromatic heterocycles. The molecule has 6 aliphatic rings. The van der Waals surface area contributed by atoms with E-state index in [1.165, 1.54) is 0 Å². The Hall–Kier alpha value is -4.30. The Morgan fingerprint density at radius 2 is 1.39 bits per heavy atom. The number of hydrogen-bond donors (Lipinski definition) is 3. The molecule has 2 saturated heterocycles. The lowest BCUT2D eigenvalue weighted by molar-refractivity contribution is -0.150. The van der Waals surface area contributed by atoms with Crippen molar-refractivity contribution in [2.24, 2.45) is 11.8 Å². The lowest BCUT2D eigenvalue weighted by Crippen LogP contribution is -2.51. The van der Waals surface area contributed by atoms with E-state index in [9.17, 15) is 19.2 Å². The quantitative estimate of drug-likeness (QED) is 0.131. The van der Waals surface area contributed by atoms with Gasteiger partial charge in [0.15, 0.2) is 0 Å². The van der Waals surface area contributed by atoms with E-state index in [1.54, 1.807) is 0 Å². The predicted octanol–water partition coefficient (Wildman–Crippen LogP) is 8.13. The molecule has 19 heteroatoms. The number of rotatable bonds is 10. The van der Waals surface area contributed by atoms with Crippen LogP contribution >= 0.6 is 54.0 Å². The normalized spacial score (nSPS) is 21.4. The topological polar surface area (TPSA) is 181 Å². The molecule has 4 aromatic rings. The fraction of sp³-hybridized carbons (Fsp3) is 0.542. The number of carbonyl (C=O) groups is 4. The third-order valence-corrected chi connectivity index (χ3v) is 13.3. The Bertz CT molecular complexity index is 2390. The Morgan fingerprint density at radius 1 is 0.746 bits per heavy atom. The van der Waals surface area contributed by atoms with Gasteiger partial charge in [-0.05, 0) is 93.4 Å². The molecular weight excluding hydrogens is 931 g/mol. The maximum Gasteiger partial charge on any atom is 0.408 e. The summed E-state index contributed by atoms with van der Waals surface area (Å²) in [5.41, 5.74) is 7.22. The highest BCUT2D eigenvalue weighted by Gasteiger charge is 2.40. The number of likely N-dealkylation sites (tertiary alicyclic amines) is 1. The molecule has 67 heavy (non-hydrogen) atoms. The van der Waals surface area contributed by atoms with E-state index < -0.39 is 18.1 Å². The number of aromatic nitrogens is 4. The zero-order valence-corrected chi connectivity index (χ0v) is 42.2. The van der Waals surface area contributed by atoms with Gasteiger partial charge in [0.05, 0.1) is 47.9 Å². The van der Waals surface area contributed by atoms with Gasteiger partial charge in [0.1, 0.15) is 42.3 Å². The number of nitrogens with one attached hydrogen (secondary N) is 3. The highest BCUT2D eigenvalue weighted by Crippen LogP contribution is 2.42. The highest BCUT2D eigenvalue weighted by molar-refractivity contribution is 7.59. The lowest BCUT2D eigenvalue weighted by Gasteiger charge is -2.30. The number of esters is 1. The average Bonchev–Trinajstić information content (AvgIpc) is 3.97. The molecule has 0 radical (unpaired) electrons. The van der Waals surface area contributed by atoms with Crippen molar-refractivity contribution in [3.05, 3.63) is 65.5 Å². The van der Waals surface area contributed by atoms with Crippen molar-refractivity contribution in [2.45, 2.75) is 134 Å². The number of imidazole rings is 2. The third-order valence-electron chi connectivity index (χ3n) is 13.3. The van der Waals surface area contributed by atoms with Gasteiger partial charge in [-0.15, -0.1) is 0 Å². The largest absolute Gasteiger partial charge is 0.487 e. The summed E-state index contributed by atoms with van der Waals surface area (Å²) in [5, 5.41) is 2.83. The molecule has 2 bridgehead atoms. The second-order valence-corrected chi connectivity index (χ2v) is 18.5. The van der Waals surface area contributed by atoms with Gasteiger partial charge in [-0.25, -0.2) is 14.8 Å². The zero-order valence-electron chi connectivity index (χ0n) is 38.2. The summed E-state index contributed by atoms with van der Waals surface area (Å²) in [5.74, 6) is 1.30. The number of nitrogens with zero attached hydrogens (tertiary/aromatic N) is 4. The summed E-state index contributed by atoms with van der Waals surface area (Å²) in [6.45, 7) is 6.34. The van der Waals surface area contributed by atoms with Crippen LogP contribution in [0.15, 0.2) is 42.5 Å². The summed E-state index contributed by atoms with van der Waals surface area (Å²) in [6, 6.07) is 13.4. The van der Waals surface area contributed by atoms with Gasteiger partial charge in [-0.1, -0.05) is 50.6 Å². The Kier molecular flexibility index (Phi) is 17.4. The molecule has 4 aliphatic heterocycles. The monoisotopic (exact) mass is 995 g/mol. The first-order valence-electron chi connectivity index (χ1n) is 23.1. The fourth-order valence-electron chi connectivity index (χ4n) is 9.59. The number of aromatic amines is 2. The van der Waals surface area contributed by atoms with Gasteiger partial charge in [0.2, 0.25) is 11.8 Å². The van der Waals surface area contributed by atoms with Crippen LogP contribution in [0.2, 0.25) is 0 Å². The molecule has 0 unspecified atom stereocenters. The molecule has 4 fully saturated rings. The summed E-state index contributed by atoms with van der Waals surface area (Å²) in [7, 11) is 0. The lowest BCUT2D eigenvalue weighted by atomic mass is 9.96. The molecule has 2 saturated carbocycles. The second kappa shape index (κ2) is 22.4. The van der Waals surface area contributed by atoms with Crippen LogP contribution in [0.5, 0.6) is 5.75 Å². The smallest absolute Gasteiger partial charge is 0.408 e. The number of ether oxygens (including phenoxy) is 4. The summed E-state index contributed by atoms with van der Waals surface area (Å²) in [6.07, 6.45) is 8.62. The van der Waals surface area contributed by atoms with Crippen molar-refractivity contribution in [2.75, 3.05) is 19.7 Å². The predicted molar refractivity (Wildman–Crippen MR) is 272 cm³/mol. The van der Waals surface area contributed by atoms with Crippen LogP contribution in [-0.2, 0) is 41.8 Å². The van der Waals surface area contributed by atoms with Crippen LogP contribution in [0, 0.1) is 11.8 Å². The molecule has 3 N–H and O–H groups in total. The van der Waals surface area contributed by atoms with Crippen molar-refractivity contribution in [1.82, 2.24) is 35.1 Å². The molecule has 364 valence electrons. The zero-order chi connectivity index (χ0) is 43.2.